The summed E-state index contributed by atoms with van der Waals surface area (Å²) in [7, 11) is -0.689. The highest BCUT2D eigenvalue weighted by molar-refractivity contribution is 7.85. The highest BCUT2D eigenvalue weighted by Gasteiger charge is 2.30. The number of carbonyl (C=O) groups is 1. The van der Waals surface area contributed by atoms with E-state index in [-0.39, 0.29) is 11.9 Å². The minimum absolute atomic E-state index is 0.0477. The normalized spacial score (nSPS) is 29.8. The lowest BCUT2D eigenvalue weighted by Crippen LogP contribution is -2.56. The summed E-state index contributed by atoms with van der Waals surface area (Å²) in [6.07, 6.45) is 0.957. The first kappa shape index (κ1) is 9.15. The van der Waals surface area contributed by atoms with Gasteiger partial charge in [-0.3, -0.25) is 9.00 Å². The maximum Gasteiger partial charge on any atom is 0.239 e. The molecule has 0 aromatic heterocycles. The molecule has 2 rings (SSSR count). The third-order valence-corrected chi connectivity index (χ3v) is 3.89. The van der Waals surface area contributed by atoms with Crippen LogP contribution in [0.25, 0.3) is 0 Å². The van der Waals surface area contributed by atoms with Gasteiger partial charge in [-0.05, 0) is 13.0 Å². The summed E-state index contributed by atoms with van der Waals surface area (Å²) in [5.74, 6) is 1.50. The molecule has 1 N–H and O–H groups in total. The monoisotopic (exact) mass is 202 g/mol. The van der Waals surface area contributed by atoms with Crippen molar-refractivity contribution in [2.24, 2.45) is 0 Å². The second-order valence-corrected chi connectivity index (χ2v) is 5.16. The molecule has 74 valence electrons. The molecule has 13 heavy (non-hydrogen) atoms. The van der Waals surface area contributed by atoms with Gasteiger partial charge in [0.05, 0.1) is 6.04 Å². The summed E-state index contributed by atoms with van der Waals surface area (Å²) in [6, 6.07) is 0.0477. The summed E-state index contributed by atoms with van der Waals surface area (Å²) in [5, 5.41) is 3.09. The molecule has 0 aliphatic carbocycles. The maximum absolute atomic E-state index is 11.7. The SMILES string of the molecule is O=C([C@H]1CCN1)N1CCS(=O)CC1. The van der Waals surface area contributed by atoms with E-state index in [0.29, 0.717) is 24.6 Å². The van der Waals surface area contributed by atoms with Gasteiger partial charge in [-0.1, -0.05) is 0 Å². The fourth-order valence-corrected chi connectivity index (χ4v) is 2.63. The van der Waals surface area contributed by atoms with Crippen LogP contribution in [0.5, 0.6) is 0 Å². The van der Waals surface area contributed by atoms with Crippen molar-refractivity contribution in [1.29, 1.82) is 0 Å². The lowest BCUT2D eigenvalue weighted by atomic mass is 10.1. The van der Waals surface area contributed by atoms with E-state index in [0.717, 1.165) is 13.0 Å². The van der Waals surface area contributed by atoms with Crippen molar-refractivity contribution in [3.8, 4) is 0 Å². The van der Waals surface area contributed by atoms with Crippen LogP contribution in [0, 0.1) is 0 Å². The van der Waals surface area contributed by atoms with E-state index in [1.165, 1.54) is 0 Å². The largest absolute Gasteiger partial charge is 0.340 e. The number of carbonyl (C=O) groups excluding carboxylic acids is 1. The molecule has 5 heteroatoms. The molecule has 2 aliphatic heterocycles. The maximum atomic E-state index is 11.7. The summed E-state index contributed by atoms with van der Waals surface area (Å²) in [5.41, 5.74) is 0. The smallest absolute Gasteiger partial charge is 0.239 e. The van der Waals surface area contributed by atoms with Gasteiger partial charge in [0.25, 0.3) is 0 Å². The average Bonchev–Trinajstić information content (AvgIpc) is 2.02. The Morgan fingerprint density at radius 1 is 1.38 bits per heavy atom. The van der Waals surface area contributed by atoms with E-state index in [4.69, 9.17) is 0 Å². The first-order chi connectivity index (χ1) is 6.27. The van der Waals surface area contributed by atoms with Crippen molar-refractivity contribution in [3.63, 3.8) is 0 Å². The molecular weight excluding hydrogens is 188 g/mol. The van der Waals surface area contributed by atoms with Gasteiger partial charge in [0.1, 0.15) is 0 Å². The zero-order valence-corrected chi connectivity index (χ0v) is 8.31. The standard InChI is InChI=1S/C8H14N2O2S/c11-8(7-1-2-9-7)10-3-5-13(12)6-4-10/h7,9H,1-6H2/t7-/m1/s1. The van der Waals surface area contributed by atoms with Gasteiger partial charge in [0, 0.05) is 35.4 Å². The van der Waals surface area contributed by atoms with Gasteiger partial charge in [-0.2, -0.15) is 0 Å². The Labute approximate surface area is 80.1 Å². The molecule has 0 aromatic rings. The quantitative estimate of drug-likeness (QED) is 0.589. The van der Waals surface area contributed by atoms with E-state index in [1.54, 1.807) is 0 Å². The molecule has 0 aromatic carbocycles. The fraction of sp³-hybridized carbons (Fsp3) is 0.875. The average molecular weight is 202 g/mol. The Morgan fingerprint density at radius 2 is 2.00 bits per heavy atom. The van der Waals surface area contributed by atoms with E-state index in [9.17, 15) is 9.00 Å². The van der Waals surface area contributed by atoms with Crippen molar-refractivity contribution in [2.45, 2.75) is 12.5 Å². The van der Waals surface area contributed by atoms with Gasteiger partial charge in [0.15, 0.2) is 0 Å². The molecule has 2 heterocycles. The van der Waals surface area contributed by atoms with Crippen LogP contribution in [0.15, 0.2) is 0 Å². The van der Waals surface area contributed by atoms with Gasteiger partial charge in [-0.25, -0.2) is 0 Å². The van der Waals surface area contributed by atoms with Crippen LogP contribution in [0.3, 0.4) is 0 Å². The first-order valence-electron chi connectivity index (χ1n) is 4.64. The minimum Gasteiger partial charge on any atom is -0.340 e. The highest BCUT2D eigenvalue weighted by Crippen LogP contribution is 2.09. The van der Waals surface area contributed by atoms with E-state index in [1.807, 2.05) is 4.90 Å². The zero-order chi connectivity index (χ0) is 9.26. The van der Waals surface area contributed by atoms with Gasteiger partial charge < -0.3 is 10.2 Å². The van der Waals surface area contributed by atoms with Crippen molar-refractivity contribution < 1.29 is 9.00 Å². The molecule has 0 bridgehead atoms. The van der Waals surface area contributed by atoms with Crippen LogP contribution in [0.2, 0.25) is 0 Å². The molecular formula is C8H14N2O2S. The van der Waals surface area contributed by atoms with E-state index < -0.39 is 10.8 Å². The predicted molar refractivity (Wildman–Crippen MR) is 50.9 cm³/mol. The fourth-order valence-electron chi connectivity index (χ4n) is 1.58. The molecule has 0 saturated carbocycles. The van der Waals surface area contributed by atoms with Gasteiger partial charge in [-0.15, -0.1) is 0 Å². The Bertz CT molecular complexity index is 230. The van der Waals surface area contributed by atoms with Crippen LogP contribution in [-0.2, 0) is 15.6 Å². The number of hydrogen-bond donors (Lipinski definition) is 1. The number of amides is 1. The summed E-state index contributed by atoms with van der Waals surface area (Å²) >= 11 is 0. The predicted octanol–water partition coefficient (Wildman–Crippen LogP) is -1.06. The molecule has 2 aliphatic rings. The lowest BCUT2D eigenvalue weighted by molar-refractivity contribution is -0.134. The molecule has 0 spiro atoms. The Morgan fingerprint density at radius 3 is 2.46 bits per heavy atom. The number of rotatable bonds is 1. The molecule has 2 fully saturated rings. The van der Waals surface area contributed by atoms with Crippen molar-refractivity contribution in [2.75, 3.05) is 31.1 Å². The number of hydrogen-bond acceptors (Lipinski definition) is 3. The Kier molecular flexibility index (Phi) is 2.64. The summed E-state index contributed by atoms with van der Waals surface area (Å²) in [6.45, 7) is 2.30. The van der Waals surface area contributed by atoms with Crippen molar-refractivity contribution in [3.05, 3.63) is 0 Å². The summed E-state index contributed by atoms with van der Waals surface area (Å²) < 4.78 is 11.0. The van der Waals surface area contributed by atoms with Crippen molar-refractivity contribution in [1.82, 2.24) is 10.2 Å². The molecule has 1 atom stereocenters. The van der Waals surface area contributed by atoms with Crippen molar-refractivity contribution >= 4 is 16.7 Å². The molecule has 0 radical (unpaired) electrons. The van der Waals surface area contributed by atoms with Gasteiger partial charge >= 0.3 is 0 Å². The first-order valence-corrected chi connectivity index (χ1v) is 6.13. The van der Waals surface area contributed by atoms with Crippen LogP contribution in [0.1, 0.15) is 6.42 Å². The number of nitrogens with zero attached hydrogens (tertiary/aromatic N) is 1. The Balaban J connectivity index is 1.86. The third kappa shape index (κ3) is 1.91. The van der Waals surface area contributed by atoms with Crippen LogP contribution < -0.4 is 5.32 Å². The molecule has 0 unspecified atom stereocenters. The topological polar surface area (TPSA) is 49.4 Å². The third-order valence-electron chi connectivity index (χ3n) is 2.61. The second-order valence-electron chi connectivity index (χ2n) is 3.47. The number of nitrogens with one attached hydrogen (secondary N) is 1. The van der Waals surface area contributed by atoms with Crippen LogP contribution >= 0.6 is 0 Å². The zero-order valence-electron chi connectivity index (χ0n) is 7.49. The highest BCUT2D eigenvalue weighted by atomic mass is 32.2. The van der Waals surface area contributed by atoms with Gasteiger partial charge in [0.2, 0.25) is 5.91 Å². The molecule has 1 amide bonds. The summed E-state index contributed by atoms with van der Waals surface area (Å²) in [4.78, 5) is 13.5. The van der Waals surface area contributed by atoms with Crippen LogP contribution in [0.4, 0.5) is 0 Å². The lowest BCUT2D eigenvalue weighted by Gasteiger charge is -2.34. The second kappa shape index (κ2) is 3.75. The molecule has 4 nitrogen and oxygen atoms in total. The molecule has 2 saturated heterocycles. The van der Waals surface area contributed by atoms with Crippen LogP contribution in [-0.4, -0.2) is 52.2 Å². The van der Waals surface area contributed by atoms with E-state index in [2.05, 4.69) is 5.32 Å². The van der Waals surface area contributed by atoms with E-state index >= 15 is 0 Å². The minimum atomic E-state index is -0.689. The Hall–Kier alpha value is -0.420.